The molecule has 0 spiro atoms. The second-order valence-electron chi connectivity index (χ2n) is 10.2. The van der Waals surface area contributed by atoms with E-state index in [1.54, 1.807) is 0 Å². The molecule has 0 aromatic heterocycles. The summed E-state index contributed by atoms with van der Waals surface area (Å²) < 4.78 is 92.7. The number of alkyl halides is 2. The van der Waals surface area contributed by atoms with Crippen LogP contribution in [-0.4, -0.2) is 0 Å². The standard InChI is InChI=1S/C27H30F6O/c1-15-3-7-17(8-4-15)19-11-23(30)26(24(31)12-19)34-27(32,33)20-13-21(28)25(22(29)14-20)18-9-5-16(2)6-10-18/h11-18H,3-10H2,1-2H3. The molecule has 2 aromatic carbocycles. The Morgan fingerprint density at radius 2 is 1.09 bits per heavy atom. The fourth-order valence-corrected chi connectivity index (χ4v) is 5.38. The number of halogens is 6. The van der Waals surface area contributed by atoms with E-state index in [1.807, 2.05) is 0 Å². The quantitative estimate of drug-likeness (QED) is 0.385. The molecule has 1 nitrogen and oxygen atoms in total. The fourth-order valence-electron chi connectivity index (χ4n) is 5.38. The third kappa shape index (κ3) is 5.23. The number of hydrogen-bond acceptors (Lipinski definition) is 1. The lowest BCUT2D eigenvalue weighted by molar-refractivity contribution is -0.188. The molecule has 0 radical (unpaired) electrons. The lowest BCUT2D eigenvalue weighted by Crippen LogP contribution is -2.24. The van der Waals surface area contributed by atoms with Crippen LogP contribution in [-0.2, 0) is 6.11 Å². The van der Waals surface area contributed by atoms with Gasteiger partial charge in [0, 0.05) is 5.56 Å². The molecule has 0 amide bonds. The highest BCUT2D eigenvalue weighted by Gasteiger charge is 2.39. The van der Waals surface area contributed by atoms with Gasteiger partial charge in [0.2, 0.25) is 0 Å². The largest absolute Gasteiger partial charge is 0.427 e. The first-order chi connectivity index (χ1) is 16.0. The van der Waals surface area contributed by atoms with Gasteiger partial charge >= 0.3 is 6.11 Å². The number of hydrogen-bond donors (Lipinski definition) is 0. The van der Waals surface area contributed by atoms with Gasteiger partial charge < -0.3 is 4.74 Å². The molecule has 0 aliphatic heterocycles. The normalized spacial score (nSPS) is 25.9. The fraction of sp³-hybridized carbons (Fsp3) is 0.556. The summed E-state index contributed by atoms with van der Waals surface area (Å²) in [5.74, 6) is -5.41. The van der Waals surface area contributed by atoms with Crippen molar-refractivity contribution in [3.05, 3.63) is 64.2 Å². The summed E-state index contributed by atoms with van der Waals surface area (Å²) in [6, 6.07) is 3.04. The maximum absolute atomic E-state index is 14.8. The molecule has 34 heavy (non-hydrogen) atoms. The monoisotopic (exact) mass is 484 g/mol. The van der Waals surface area contributed by atoms with E-state index in [-0.39, 0.29) is 17.4 Å². The van der Waals surface area contributed by atoms with Crippen molar-refractivity contribution in [1.29, 1.82) is 0 Å². The van der Waals surface area contributed by atoms with Crippen LogP contribution in [0.2, 0.25) is 0 Å². The highest BCUT2D eigenvalue weighted by Crippen LogP contribution is 2.42. The first-order valence-corrected chi connectivity index (χ1v) is 12.1. The smallest absolute Gasteiger partial charge is 0.423 e. The van der Waals surface area contributed by atoms with E-state index in [1.165, 1.54) is 0 Å². The minimum absolute atomic E-state index is 0.0479. The Kier molecular flexibility index (Phi) is 7.20. The first kappa shape index (κ1) is 24.9. The molecular weight excluding hydrogens is 454 g/mol. The van der Waals surface area contributed by atoms with Gasteiger partial charge in [0.1, 0.15) is 11.6 Å². The van der Waals surface area contributed by atoms with Crippen LogP contribution in [0.15, 0.2) is 24.3 Å². The summed E-state index contributed by atoms with van der Waals surface area (Å²) in [6.45, 7) is 4.18. The molecule has 186 valence electrons. The predicted molar refractivity (Wildman–Crippen MR) is 118 cm³/mol. The number of benzene rings is 2. The average Bonchev–Trinajstić information content (AvgIpc) is 2.77. The minimum atomic E-state index is -4.33. The highest BCUT2D eigenvalue weighted by molar-refractivity contribution is 5.36. The van der Waals surface area contributed by atoms with Crippen molar-refractivity contribution in [2.75, 3.05) is 0 Å². The van der Waals surface area contributed by atoms with Crippen LogP contribution in [0.4, 0.5) is 26.3 Å². The molecule has 2 saturated carbocycles. The zero-order valence-corrected chi connectivity index (χ0v) is 19.5. The highest BCUT2D eigenvalue weighted by atomic mass is 19.3. The summed E-state index contributed by atoms with van der Waals surface area (Å²) in [4.78, 5) is 0. The third-order valence-electron chi connectivity index (χ3n) is 7.58. The van der Waals surface area contributed by atoms with Crippen molar-refractivity contribution in [2.24, 2.45) is 11.8 Å². The number of ether oxygens (including phenoxy) is 1. The van der Waals surface area contributed by atoms with E-state index in [0.29, 0.717) is 42.4 Å². The Balaban J connectivity index is 1.56. The van der Waals surface area contributed by atoms with Crippen LogP contribution in [0.3, 0.4) is 0 Å². The summed E-state index contributed by atoms with van der Waals surface area (Å²) in [5.41, 5.74) is -0.935. The molecule has 0 N–H and O–H groups in total. The predicted octanol–water partition coefficient (Wildman–Crippen LogP) is 8.96. The molecule has 0 saturated heterocycles. The van der Waals surface area contributed by atoms with Crippen molar-refractivity contribution in [3.63, 3.8) is 0 Å². The second-order valence-corrected chi connectivity index (χ2v) is 10.2. The molecule has 4 rings (SSSR count). The second kappa shape index (κ2) is 9.82. The van der Waals surface area contributed by atoms with Gasteiger partial charge in [-0.05, 0) is 79.2 Å². The topological polar surface area (TPSA) is 9.23 Å². The van der Waals surface area contributed by atoms with Crippen molar-refractivity contribution in [1.82, 2.24) is 0 Å². The van der Waals surface area contributed by atoms with Gasteiger partial charge in [-0.1, -0.05) is 39.5 Å². The zero-order chi connectivity index (χ0) is 24.6. The van der Waals surface area contributed by atoms with Crippen LogP contribution in [0.5, 0.6) is 5.75 Å². The van der Waals surface area contributed by atoms with Crippen LogP contribution in [0.1, 0.15) is 93.7 Å². The molecule has 0 heterocycles. The van der Waals surface area contributed by atoms with Crippen LogP contribution >= 0.6 is 0 Å². The van der Waals surface area contributed by atoms with Crippen LogP contribution < -0.4 is 4.74 Å². The zero-order valence-electron chi connectivity index (χ0n) is 19.5. The van der Waals surface area contributed by atoms with Gasteiger partial charge in [-0.15, -0.1) is 0 Å². The Bertz CT molecular complexity index is 974. The van der Waals surface area contributed by atoms with Gasteiger partial charge in [-0.3, -0.25) is 0 Å². The molecule has 0 unspecified atom stereocenters. The Labute approximate surface area is 196 Å². The third-order valence-corrected chi connectivity index (χ3v) is 7.58. The summed E-state index contributed by atoms with van der Waals surface area (Å²) in [7, 11) is 0. The van der Waals surface area contributed by atoms with Gasteiger partial charge in [0.15, 0.2) is 17.4 Å². The SMILES string of the molecule is CC1CCC(c2cc(F)c(OC(F)(F)c3cc(F)c(C4CCC(C)CC4)c(F)c3)c(F)c2)CC1. The summed E-state index contributed by atoms with van der Waals surface area (Å²) in [6.07, 6.45) is 1.81. The van der Waals surface area contributed by atoms with Crippen molar-refractivity contribution in [2.45, 2.75) is 83.2 Å². The van der Waals surface area contributed by atoms with E-state index in [9.17, 15) is 26.3 Å². The molecule has 0 bridgehead atoms. The lowest BCUT2D eigenvalue weighted by Gasteiger charge is -2.28. The molecule has 2 aliphatic carbocycles. The van der Waals surface area contributed by atoms with Crippen LogP contribution in [0.25, 0.3) is 0 Å². The Hall–Kier alpha value is -2.18. The maximum atomic E-state index is 14.8. The average molecular weight is 485 g/mol. The summed E-state index contributed by atoms with van der Waals surface area (Å²) in [5, 5.41) is 0. The van der Waals surface area contributed by atoms with Gasteiger partial charge in [0.25, 0.3) is 0 Å². The van der Waals surface area contributed by atoms with Crippen molar-refractivity contribution in [3.8, 4) is 5.75 Å². The first-order valence-electron chi connectivity index (χ1n) is 12.1. The Morgan fingerprint density at radius 1 is 0.647 bits per heavy atom. The summed E-state index contributed by atoms with van der Waals surface area (Å²) >= 11 is 0. The lowest BCUT2D eigenvalue weighted by atomic mass is 9.79. The van der Waals surface area contributed by atoms with Gasteiger partial charge in [-0.25, -0.2) is 17.6 Å². The molecule has 2 aromatic rings. The number of rotatable bonds is 5. The molecule has 0 atom stereocenters. The molecular formula is C27H30F6O. The van der Waals surface area contributed by atoms with E-state index >= 15 is 0 Å². The van der Waals surface area contributed by atoms with Crippen LogP contribution in [0, 0.1) is 35.1 Å². The van der Waals surface area contributed by atoms with Crippen molar-refractivity contribution < 1.29 is 31.1 Å². The van der Waals surface area contributed by atoms with Gasteiger partial charge in [-0.2, -0.15) is 8.78 Å². The molecule has 2 aliphatic rings. The van der Waals surface area contributed by atoms with Gasteiger partial charge in [0.05, 0.1) is 5.56 Å². The van der Waals surface area contributed by atoms with E-state index in [4.69, 9.17) is 0 Å². The minimum Gasteiger partial charge on any atom is -0.423 e. The molecule has 2 fully saturated rings. The van der Waals surface area contributed by atoms with E-state index < -0.39 is 40.7 Å². The van der Waals surface area contributed by atoms with E-state index in [0.717, 1.165) is 50.7 Å². The Morgan fingerprint density at radius 3 is 1.56 bits per heavy atom. The van der Waals surface area contributed by atoms with E-state index in [2.05, 4.69) is 18.6 Å². The maximum Gasteiger partial charge on any atom is 0.427 e. The van der Waals surface area contributed by atoms with Crippen molar-refractivity contribution >= 4 is 0 Å². The molecule has 7 heteroatoms.